The van der Waals surface area contributed by atoms with Crippen molar-refractivity contribution in [3.8, 4) is 0 Å². The Morgan fingerprint density at radius 1 is 1.29 bits per heavy atom. The molecule has 1 unspecified atom stereocenters. The van der Waals surface area contributed by atoms with Gasteiger partial charge in [0, 0.05) is 5.69 Å². The molecule has 24 heavy (non-hydrogen) atoms. The van der Waals surface area contributed by atoms with E-state index in [9.17, 15) is 22.8 Å². The highest BCUT2D eigenvalue weighted by atomic mass is 35.5. The maximum absolute atomic E-state index is 12.8. The van der Waals surface area contributed by atoms with Gasteiger partial charge in [-0.05, 0) is 36.6 Å². The molecule has 1 aromatic heterocycles. The second-order valence-electron chi connectivity index (χ2n) is 4.71. The number of rotatable bonds is 4. The SMILES string of the molecule is CC(OC(=O)c1cccs1)C(=O)Nc1ccc(Cl)c(C(F)(F)F)c1. The van der Waals surface area contributed by atoms with E-state index in [0.29, 0.717) is 10.9 Å². The quantitative estimate of drug-likeness (QED) is 0.792. The fourth-order valence-electron chi connectivity index (χ4n) is 1.73. The lowest BCUT2D eigenvalue weighted by molar-refractivity contribution is -0.137. The van der Waals surface area contributed by atoms with Crippen molar-refractivity contribution in [3.63, 3.8) is 0 Å². The molecule has 4 nitrogen and oxygen atoms in total. The number of nitrogens with one attached hydrogen (secondary N) is 1. The van der Waals surface area contributed by atoms with E-state index in [1.165, 1.54) is 19.1 Å². The van der Waals surface area contributed by atoms with Gasteiger partial charge in [-0.15, -0.1) is 11.3 Å². The van der Waals surface area contributed by atoms with Crippen LogP contribution in [-0.2, 0) is 15.7 Å². The molecule has 1 heterocycles. The summed E-state index contributed by atoms with van der Waals surface area (Å²) in [6, 6.07) is 6.16. The van der Waals surface area contributed by atoms with E-state index >= 15 is 0 Å². The minimum Gasteiger partial charge on any atom is -0.448 e. The van der Waals surface area contributed by atoms with Crippen molar-refractivity contribution in [2.24, 2.45) is 0 Å². The van der Waals surface area contributed by atoms with Gasteiger partial charge in [0.05, 0.1) is 10.6 Å². The molecule has 1 atom stereocenters. The van der Waals surface area contributed by atoms with Crippen molar-refractivity contribution in [1.82, 2.24) is 0 Å². The molecule has 1 aromatic carbocycles. The van der Waals surface area contributed by atoms with Crippen molar-refractivity contribution in [2.45, 2.75) is 19.2 Å². The molecule has 2 aromatic rings. The first-order valence-electron chi connectivity index (χ1n) is 6.60. The molecule has 0 saturated carbocycles. The second-order valence-corrected chi connectivity index (χ2v) is 6.06. The maximum Gasteiger partial charge on any atom is 0.417 e. The van der Waals surface area contributed by atoms with Crippen LogP contribution in [0.2, 0.25) is 5.02 Å². The van der Waals surface area contributed by atoms with Crippen LogP contribution >= 0.6 is 22.9 Å². The van der Waals surface area contributed by atoms with E-state index in [1.54, 1.807) is 11.4 Å². The number of benzene rings is 1. The largest absolute Gasteiger partial charge is 0.448 e. The number of halogens is 4. The molecule has 0 radical (unpaired) electrons. The summed E-state index contributed by atoms with van der Waals surface area (Å²) < 4.78 is 43.3. The van der Waals surface area contributed by atoms with Crippen LogP contribution in [0.15, 0.2) is 35.7 Å². The van der Waals surface area contributed by atoms with E-state index in [0.717, 1.165) is 17.4 Å². The number of carbonyl (C=O) groups is 2. The summed E-state index contributed by atoms with van der Waals surface area (Å²) in [7, 11) is 0. The smallest absolute Gasteiger partial charge is 0.417 e. The van der Waals surface area contributed by atoms with Crippen molar-refractivity contribution in [2.75, 3.05) is 5.32 Å². The molecule has 9 heteroatoms. The lowest BCUT2D eigenvalue weighted by Gasteiger charge is -2.15. The van der Waals surface area contributed by atoms with Gasteiger partial charge >= 0.3 is 12.1 Å². The molecule has 0 aliphatic heterocycles. The predicted octanol–water partition coefficient (Wildman–Crippen LogP) is 4.60. The number of amides is 1. The number of alkyl halides is 3. The predicted molar refractivity (Wildman–Crippen MR) is 84.3 cm³/mol. The Hall–Kier alpha value is -2.06. The van der Waals surface area contributed by atoms with Gasteiger partial charge in [0.1, 0.15) is 4.88 Å². The molecule has 1 amide bonds. The van der Waals surface area contributed by atoms with Gasteiger partial charge in [-0.25, -0.2) is 4.79 Å². The Balaban J connectivity index is 2.05. The van der Waals surface area contributed by atoms with Crippen LogP contribution < -0.4 is 5.32 Å². The molecule has 2 rings (SSSR count). The standard InChI is InChI=1S/C15H11ClF3NO3S/c1-8(23-14(22)12-3-2-6-24-12)13(21)20-9-4-5-11(16)10(7-9)15(17,18)19/h2-8H,1H3,(H,20,21). The minimum absolute atomic E-state index is 0.101. The highest BCUT2D eigenvalue weighted by Crippen LogP contribution is 2.36. The lowest BCUT2D eigenvalue weighted by Crippen LogP contribution is -2.29. The average Bonchev–Trinajstić information content (AvgIpc) is 3.02. The summed E-state index contributed by atoms with van der Waals surface area (Å²) >= 11 is 6.65. The van der Waals surface area contributed by atoms with Crippen LogP contribution in [0.4, 0.5) is 18.9 Å². The van der Waals surface area contributed by atoms with Crippen LogP contribution in [-0.4, -0.2) is 18.0 Å². The van der Waals surface area contributed by atoms with Gasteiger partial charge in [0.25, 0.3) is 5.91 Å². The first-order chi connectivity index (χ1) is 11.2. The highest BCUT2D eigenvalue weighted by Gasteiger charge is 2.33. The van der Waals surface area contributed by atoms with Gasteiger partial charge in [-0.2, -0.15) is 13.2 Å². The van der Waals surface area contributed by atoms with Crippen LogP contribution in [0.1, 0.15) is 22.2 Å². The Morgan fingerprint density at radius 3 is 2.58 bits per heavy atom. The third kappa shape index (κ3) is 4.48. The first kappa shape index (κ1) is 18.3. The van der Waals surface area contributed by atoms with Gasteiger partial charge in [0.2, 0.25) is 0 Å². The van der Waals surface area contributed by atoms with Crippen molar-refractivity contribution in [3.05, 3.63) is 51.2 Å². The number of esters is 1. The molecule has 0 saturated heterocycles. The summed E-state index contributed by atoms with van der Waals surface area (Å²) in [4.78, 5) is 24.0. The number of hydrogen-bond acceptors (Lipinski definition) is 4. The van der Waals surface area contributed by atoms with Crippen LogP contribution in [0.25, 0.3) is 0 Å². The summed E-state index contributed by atoms with van der Waals surface area (Å²) in [5.74, 6) is -1.44. The topological polar surface area (TPSA) is 55.4 Å². The molecule has 1 N–H and O–H groups in total. The Morgan fingerprint density at radius 2 is 2.00 bits per heavy atom. The Bertz CT molecular complexity index is 747. The Kier molecular flexibility index (Phi) is 5.51. The molecule has 0 spiro atoms. The van der Waals surface area contributed by atoms with Crippen molar-refractivity contribution < 1.29 is 27.5 Å². The molecule has 0 aliphatic rings. The molecular formula is C15H11ClF3NO3S. The summed E-state index contributed by atoms with van der Waals surface area (Å²) in [5, 5.41) is 3.46. The zero-order valence-corrected chi connectivity index (χ0v) is 13.8. The molecule has 0 aliphatic carbocycles. The summed E-state index contributed by atoms with van der Waals surface area (Å²) in [6.45, 7) is 1.32. The fourth-order valence-corrected chi connectivity index (χ4v) is 2.56. The molecule has 0 fully saturated rings. The number of carbonyl (C=O) groups excluding carboxylic acids is 2. The van der Waals surface area contributed by atoms with Gasteiger partial charge in [-0.3, -0.25) is 4.79 Å². The van der Waals surface area contributed by atoms with Crippen molar-refractivity contribution >= 4 is 40.5 Å². The van der Waals surface area contributed by atoms with E-state index in [2.05, 4.69) is 5.32 Å². The number of anilines is 1. The zero-order chi connectivity index (χ0) is 17.9. The van der Waals surface area contributed by atoms with Gasteiger partial charge in [-0.1, -0.05) is 17.7 Å². The van der Waals surface area contributed by atoms with Crippen LogP contribution in [0.3, 0.4) is 0 Å². The fraction of sp³-hybridized carbons (Fsp3) is 0.200. The summed E-state index contributed by atoms with van der Waals surface area (Å²) in [6.07, 6.45) is -5.82. The molecule has 128 valence electrons. The maximum atomic E-state index is 12.8. The number of hydrogen-bond donors (Lipinski definition) is 1. The Labute approximate surface area is 144 Å². The second kappa shape index (κ2) is 7.23. The third-order valence-corrected chi connectivity index (χ3v) is 4.09. The van der Waals surface area contributed by atoms with E-state index in [1.807, 2.05) is 0 Å². The lowest BCUT2D eigenvalue weighted by atomic mass is 10.2. The van der Waals surface area contributed by atoms with Crippen LogP contribution in [0.5, 0.6) is 0 Å². The number of thiophene rings is 1. The third-order valence-electron chi connectivity index (χ3n) is 2.91. The van der Waals surface area contributed by atoms with Crippen LogP contribution in [0, 0.1) is 0 Å². The molecule has 0 bridgehead atoms. The van der Waals surface area contributed by atoms with Gasteiger partial charge in [0.15, 0.2) is 6.10 Å². The number of ether oxygens (including phenoxy) is 1. The molecular weight excluding hydrogens is 367 g/mol. The van der Waals surface area contributed by atoms with Gasteiger partial charge < -0.3 is 10.1 Å². The normalized spacial score (nSPS) is 12.5. The van der Waals surface area contributed by atoms with Crippen molar-refractivity contribution in [1.29, 1.82) is 0 Å². The minimum atomic E-state index is -4.64. The zero-order valence-electron chi connectivity index (χ0n) is 12.2. The first-order valence-corrected chi connectivity index (χ1v) is 7.86. The van der Waals surface area contributed by atoms with E-state index < -0.39 is 34.7 Å². The highest BCUT2D eigenvalue weighted by molar-refractivity contribution is 7.11. The monoisotopic (exact) mass is 377 g/mol. The summed E-state index contributed by atoms with van der Waals surface area (Å²) in [5.41, 5.74) is -1.17. The average molecular weight is 378 g/mol. The van der Waals surface area contributed by atoms with E-state index in [4.69, 9.17) is 16.3 Å². The van der Waals surface area contributed by atoms with E-state index in [-0.39, 0.29) is 5.69 Å².